The van der Waals surface area contributed by atoms with Gasteiger partial charge < -0.3 is 9.64 Å². The van der Waals surface area contributed by atoms with Crippen molar-refractivity contribution in [1.29, 1.82) is 0 Å². The van der Waals surface area contributed by atoms with Gasteiger partial charge in [0, 0.05) is 31.6 Å². The lowest BCUT2D eigenvalue weighted by atomic mass is 10.0. The highest BCUT2D eigenvalue weighted by molar-refractivity contribution is 7.94. The number of halogens is 4. The molecule has 1 aliphatic rings. The summed E-state index contributed by atoms with van der Waals surface area (Å²) in [6.07, 6.45) is -3.33. The molecule has 3 rings (SSSR count). The Hall–Kier alpha value is -1.49. The molecule has 1 N–H and O–H groups in total. The number of hydrogen-bond donors (Lipinski definition) is 1. The van der Waals surface area contributed by atoms with Crippen molar-refractivity contribution in [2.45, 2.75) is 29.3 Å². The maximum absolute atomic E-state index is 13.6. The smallest absolute Gasteiger partial charge is 0.381 e. The van der Waals surface area contributed by atoms with Crippen molar-refractivity contribution < 1.29 is 26.3 Å². The van der Waals surface area contributed by atoms with Gasteiger partial charge in [-0.2, -0.15) is 13.2 Å². The molecule has 1 aliphatic heterocycles. The van der Waals surface area contributed by atoms with Crippen molar-refractivity contribution in [2.24, 2.45) is 0 Å². The number of hydrogen-bond acceptors (Lipinski definition) is 5. The highest BCUT2D eigenvalue weighted by Gasteiger charge is 2.36. The number of benzene rings is 1. The van der Waals surface area contributed by atoms with Gasteiger partial charge in [-0.05, 0) is 43.2 Å². The second-order valence-corrected chi connectivity index (χ2v) is 9.94. The van der Waals surface area contributed by atoms with Crippen LogP contribution in [0.1, 0.15) is 18.4 Å². The molecular weight excluding hydrogens is 437 g/mol. The summed E-state index contributed by atoms with van der Waals surface area (Å²) in [5, 5.41) is 0. The molecule has 1 fully saturated rings. The van der Waals surface area contributed by atoms with E-state index in [4.69, 9.17) is 16.3 Å². The first-order chi connectivity index (χ1) is 13.1. The van der Waals surface area contributed by atoms with Crippen LogP contribution in [0.25, 0.3) is 0 Å². The molecule has 28 heavy (non-hydrogen) atoms. The van der Waals surface area contributed by atoms with Crippen LogP contribution in [0.5, 0.6) is 0 Å². The van der Waals surface area contributed by atoms with Gasteiger partial charge >= 0.3 is 6.18 Å². The number of methoxy groups -OCH3 is 1. The summed E-state index contributed by atoms with van der Waals surface area (Å²) in [5.41, 5.74) is -1.01. The first-order valence-corrected chi connectivity index (χ1v) is 11.0. The predicted molar refractivity (Wildman–Crippen MR) is 104 cm³/mol. The van der Waals surface area contributed by atoms with E-state index in [2.05, 4.69) is 4.72 Å². The largest absolute Gasteiger partial charge is 0.418 e. The molecule has 0 saturated carbocycles. The maximum atomic E-state index is 13.6. The van der Waals surface area contributed by atoms with Gasteiger partial charge in [0.05, 0.1) is 16.0 Å². The van der Waals surface area contributed by atoms with Crippen LogP contribution in [-0.2, 0) is 20.9 Å². The fraction of sp³-hybridized carbons (Fsp3) is 0.412. The minimum Gasteiger partial charge on any atom is -0.381 e. The minimum absolute atomic E-state index is 0.0316. The molecule has 0 radical (unpaired) electrons. The Morgan fingerprint density at radius 3 is 2.43 bits per heavy atom. The van der Waals surface area contributed by atoms with Gasteiger partial charge in [0.2, 0.25) is 0 Å². The van der Waals surface area contributed by atoms with Gasteiger partial charge in [-0.15, -0.1) is 11.3 Å². The predicted octanol–water partition coefficient (Wildman–Crippen LogP) is 4.84. The Morgan fingerprint density at radius 2 is 1.89 bits per heavy atom. The zero-order valence-corrected chi connectivity index (χ0v) is 17.2. The van der Waals surface area contributed by atoms with Gasteiger partial charge in [0.1, 0.15) is 4.21 Å². The first kappa shape index (κ1) is 21.2. The third-order valence-corrected chi connectivity index (χ3v) is 7.59. The number of thiophene rings is 1. The van der Waals surface area contributed by atoms with Gasteiger partial charge in [-0.25, -0.2) is 8.42 Å². The number of piperidine rings is 1. The monoisotopic (exact) mass is 454 g/mol. The van der Waals surface area contributed by atoms with E-state index in [9.17, 15) is 21.6 Å². The molecule has 154 valence electrons. The summed E-state index contributed by atoms with van der Waals surface area (Å²) >= 11 is 6.57. The Balaban J connectivity index is 1.89. The molecule has 5 nitrogen and oxygen atoms in total. The Kier molecular flexibility index (Phi) is 6.14. The number of alkyl halides is 3. The van der Waals surface area contributed by atoms with Gasteiger partial charge in [-0.3, -0.25) is 4.72 Å². The van der Waals surface area contributed by atoms with E-state index < -0.39 is 21.8 Å². The maximum Gasteiger partial charge on any atom is 0.418 e. The molecule has 0 unspecified atom stereocenters. The van der Waals surface area contributed by atoms with E-state index in [1.807, 2.05) is 0 Å². The third-order valence-electron chi connectivity index (χ3n) is 4.48. The van der Waals surface area contributed by atoms with Crippen LogP contribution in [0.3, 0.4) is 0 Å². The summed E-state index contributed by atoms with van der Waals surface area (Å²) in [6.45, 7) is 0.862. The standard InChI is InChI=1S/C17H18ClF3N2O3S2/c1-26-12-6-8-23(9-7-12)14-3-2-11(10-13(14)17(19,20)21)22-28(24,25)16-5-4-15(18)27-16/h2-5,10,12,22H,6-9H2,1H3. The molecule has 0 amide bonds. The van der Waals surface area contributed by atoms with Crippen LogP contribution >= 0.6 is 22.9 Å². The van der Waals surface area contributed by atoms with Crippen LogP contribution in [-0.4, -0.2) is 34.7 Å². The zero-order valence-electron chi connectivity index (χ0n) is 14.8. The summed E-state index contributed by atoms with van der Waals surface area (Å²) in [5.74, 6) is 0. The number of nitrogens with one attached hydrogen (secondary N) is 1. The van der Waals surface area contributed by atoms with Gasteiger partial charge in [0.15, 0.2) is 0 Å². The molecular formula is C17H18ClF3N2O3S2. The van der Waals surface area contributed by atoms with E-state index in [1.54, 1.807) is 12.0 Å². The van der Waals surface area contributed by atoms with Crippen molar-refractivity contribution in [3.63, 3.8) is 0 Å². The SMILES string of the molecule is COC1CCN(c2ccc(NS(=O)(=O)c3ccc(Cl)s3)cc2C(F)(F)F)CC1. The van der Waals surface area contributed by atoms with Crippen LogP contribution in [0, 0.1) is 0 Å². The highest BCUT2D eigenvalue weighted by atomic mass is 35.5. The summed E-state index contributed by atoms with van der Waals surface area (Å²) in [6, 6.07) is 6.17. The normalized spacial score (nSPS) is 16.4. The molecule has 0 aliphatic carbocycles. The first-order valence-electron chi connectivity index (χ1n) is 8.37. The van der Waals surface area contributed by atoms with Crippen molar-refractivity contribution in [3.8, 4) is 0 Å². The van der Waals surface area contributed by atoms with Crippen LogP contribution < -0.4 is 9.62 Å². The number of sulfonamides is 1. The van der Waals surface area contributed by atoms with Crippen LogP contribution in [0.2, 0.25) is 4.34 Å². The molecule has 0 atom stereocenters. The van der Waals surface area contributed by atoms with Gasteiger partial charge in [0.25, 0.3) is 10.0 Å². The number of nitrogens with zero attached hydrogens (tertiary/aromatic N) is 1. The zero-order chi connectivity index (χ0) is 20.5. The molecule has 2 aromatic rings. The lowest BCUT2D eigenvalue weighted by Gasteiger charge is -2.34. The second-order valence-electron chi connectivity index (χ2n) is 6.32. The molecule has 1 aromatic carbocycles. The molecule has 1 aromatic heterocycles. The molecule has 1 saturated heterocycles. The molecule has 0 bridgehead atoms. The van der Waals surface area contributed by atoms with Crippen LogP contribution in [0.15, 0.2) is 34.5 Å². The van der Waals surface area contributed by atoms with Gasteiger partial charge in [-0.1, -0.05) is 11.6 Å². The second kappa shape index (κ2) is 8.10. The number of ether oxygens (including phenoxy) is 1. The van der Waals surface area contributed by atoms with E-state index in [-0.39, 0.29) is 26.0 Å². The van der Waals surface area contributed by atoms with Crippen molar-refractivity contribution in [1.82, 2.24) is 0 Å². The quantitative estimate of drug-likeness (QED) is 0.702. The van der Waals surface area contributed by atoms with Crippen molar-refractivity contribution in [2.75, 3.05) is 29.8 Å². The van der Waals surface area contributed by atoms with E-state index in [1.165, 1.54) is 24.3 Å². The van der Waals surface area contributed by atoms with E-state index in [0.29, 0.717) is 25.9 Å². The molecule has 0 spiro atoms. The summed E-state index contributed by atoms with van der Waals surface area (Å²) in [4.78, 5) is 1.65. The average molecular weight is 455 g/mol. The summed E-state index contributed by atoms with van der Waals surface area (Å²) < 4.78 is 73.3. The fourth-order valence-corrected chi connectivity index (χ4v) is 5.61. The average Bonchev–Trinajstić information content (AvgIpc) is 3.08. The van der Waals surface area contributed by atoms with Crippen molar-refractivity contribution in [3.05, 3.63) is 40.2 Å². The Bertz CT molecular complexity index is 939. The summed E-state index contributed by atoms with van der Waals surface area (Å²) in [7, 11) is -2.43. The lowest BCUT2D eigenvalue weighted by Crippen LogP contribution is -2.37. The number of anilines is 2. The van der Waals surface area contributed by atoms with Crippen LogP contribution in [0.4, 0.5) is 24.5 Å². The third kappa shape index (κ3) is 4.73. The minimum atomic E-state index is -4.62. The van der Waals surface area contributed by atoms with E-state index >= 15 is 0 Å². The van der Waals surface area contributed by atoms with E-state index in [0.717, 1.165) is 17.4 Å². The topological polar surface area (TPSA) is 58.6 Å². The molecule has 11 heteroatoms. The highest BCUT2D eigenvalue weighted by Crippen LogP contribution is 2.39. The fourth-order valence-electron chi connectivity index (χ4n) is 3.08. The number of rotatable bonds is 5. The lowest BCUT2D eigenvalue weighted by molar-refractivity contribution is -0.137. The van der Waals surface area contributed by atoms with Crippen molar-refractivity contribution >= 4 is 44.3 Å². The molecule has 2 heterocycles. The Labute approximate surface area is 170 Å². The Morgan fingerprint density at radius 1 is 1.21 bits per heavy atom.